The minimum absolute atomic E-state index is 0.156. The molecule has 0 fully saturated rings. The molecule has 0 saturated heterocycles. The maximum absolute atomic E-state index is 11.2. The van der Waals surface area contributed by atoms with Crippen LogP contribution in [0.3, 0.4) is 0 Å². The number of rotatable bonds is 8. The van der Waals surface area contributed by atoms with Crippen molar-refractivity contribution in [2.75, 3.05) is 19.6 Å². The number of carboxylic acids is 1. The Morgan fingerprint density at radius 2 is 1.94 bits per heavy atom. The average Bonchev–Trinajstić information content (AvgIpc) is 2.20. The summed E-state index contributed by atoms with van der Waals surface area (Å²) in [4.78, 5) is 22.1. The van der Waals surface area contributed by atoms with Crippen LogP contribution < -0.4 is 10.6 Å². The second-order valence-corrected chi connectivity index (χ2v) is 4.25. The molecule has 3 N–H and O–H groups in total. The molecule has 94 valence electrons. The monoisotopic (exact) mass is 230 g/mol. The molecule has 1 unspecified atom stereocenters. The minimum atomic E-state index is -0.850. The summed E-state index contributed by atoms with van der Waals surface area (Å²) in [6.07, 6.45) is 0.580. The molecule has 0 aliphatic rings. The van der Waals surface area contributed by atoms with Crippen LogP contribution in [0.2, 0.25) is 0 Å². The quantitative estimate of drug-likeness (QED) is 0.566. The molecular weight excluding hydrogens is 208 g/mol. The number of amides is 1. The van der Waals surface area contributed by atoms with Gasteiger partial charge in [0.2, 0.25) is 5.91 Å². The summed E-state index contributed by atoms with van der Waals surface area (Å²) in [5.74, 6) is -1.19. The van der Waals surface area contributed by atoms with Gasteiger partial charge in [-0.3, -0.25) is 9.59 Å². The Morgan fingerprint density at radius 1 is 1.31 bits per heavy atom. The minimum Gasteiger partial charge on any atom is -0.481 e. The zero-order valence-electron chi connectivity index (χ0n) is 10.2. The van der Waals surface area contributed by atoms with Gasteiger partial charge in [-0.2, -0.15) is 0 Å². The van der Waals surface area contributed by atoms with Crippen molar-refractivity contribution >= 4 is 11.9 Å². The second-order valence-electron chi connectivity index (χ2n) is 4.25. The van der Waals surface area contributed by atoms with Gasteiger partial charge in [-0.25, -0.2) is 0 Å². The van der Waals surface area contributed by atoms with Crippen molar-refractivity contribution in [1.82, 2.24) is 10.6 Å². The number of carbonyl (C=O) groups excluding carboxylic acids is 1. The highest BCUT2D eigenvalue weighted by Gasteiger charge is 2.19. The fraction of sp³-hybridized carbons (Fsp3) is 0.818. The molecule has 0 aromatic carbocycles. The lowest BCUT2D eigenvalue weighted by Crippen LogP contribution is -2.38. The van der Waals surface area contributed by atoms with E-state index in [0.717, 1.165) is 6.54 Å². The number of aliphatic carboxylic acids is 1. The number of nitrogens with one attached hydrogen (secondary N) is 2. The van der Waals surface area contributed by atoms with Gasteiger partial charge in [0.15, 0.2) is 0 Å². The Kier molecular flexibility index (Phi) is 7.54. The van der Waals surface area contributed by atoms with Crippen molar-refractivity contribution < 1.29 is 14.7 Å². The molecule has 5 nitrogen and oxygen atoms in total. The molecular formula is C11H22N2O3. The van der Waals surface area contributed by atoms with Gasteiger partial charge in [-0.15, -0.1) is 0 Å². The molecule has 0 rings (SSSR count). The third-order valence-electron chi connectivity index (χ3n) is 2.19. The summed E-state index contributed by atoms with van der Waals surface area (Å²) in [6, 6.07) is 0. The fourth-order valence-corrected chi connectivity index (χ4v) is 1.38. The first-order chi connectivity index (χ1) is 7.47. The Bertz CT molecular complexity index is 229. The average molecular weight is 230 g/mol. The first kappa shape index (κ1) is 14.9. The summed E-state index contributed by atoms with van der Waals surface area (Å²) in [5, 5.41) is 14.4. The van der Waals surface area contributed by atoms with E-state index in [1.54, 1.807) is 0 Å². The van der Waals surface area contributed by atoms with E-state index in [9.17, 15) is 9.59 Å². The third kappa shape index (κ3) is 7.23. The summed E-state index contributed by atoms with van der Waals surface area (Å²) < 4.78 is 0. The van der Waals surface area contributed by atoms with Crippen molar-refractivity contribution in [2.24, 2.45) is 11.8 Å². The van der Waals surface area contributed by atoms with Crippen LogP contribution in [0.5, 0.6) is 0 Å². The molecule has 0 aromatic rings. The van der Waals surface area contributed by atoms with Crippen molar-refractivity contribution in [2.45, 2.75) is 27.2 Å². The highest BCUT2D eigenvalue weighted by Crippen LogP contribution is 2.10. The van der Waals surface area contributed by atoms with E-state index >= 15 is 0 Å². The molecule has 0 bridgehead atoms. The van der Waals surface area contributed by atoms with E-state index in [0.29, 0.717) is 12.3 Å². The van der Waals surface area contributed by atoms with Crippen molar-refractivity contribution in [3.8, 4) is 0 Å². The number of carboxylic acid groups (broad SMARTS) is 1. The summed E-state index contributed by atoms with van der Waals surface area (Å²) in [6.45, 7) is 7.02. The summed E-state index contributed by atoms with van der Waals surface area (Å²) in [5.41, 5.74) is 0. The first-order valence-corrected chi connectivity index (χ1v) is 5.67. The van der Waals surface area contributed by atoms with E-state index in [2.05, 4.69) is 10.6 Å². The molecule has 1 atom stereocenters. The van der Waals surface area contributed by atoms with Crippen LogP contribution in [-0.4, -0.2) is 36.6 Å². The fourth-order valence-electron chi connectivity index (χ4n) is 1.38. The molecule has 0 aliphatic heterocycles. The molecule has 0 saturated carbocycles. The molecule has 0 radical (unpaired) electrons. The first-order valence-electron chi connectivity index (χ1n) is 5.67. The Balaban J connectivity index is 3.92. The van der Waals surface area contributed by atoms with Gasteiger partial charge in [-0.1, -0.05) is 20.8 Å². The molecule has 0 heterocycles. The highest BCUT2D eigenvalue weighted by molar-refractivity contribution is 5.79. The molecule has 0 aliphatic carbocycles. The van der Waals surface area contributed by atoms with E-state index < -0.39 is 11.9 Å². The number of carbonyl (C=O) groups is 2. The Hall–Kier alpha value is -1.10. The van der Waals surface area contributed by atoms with Crippen LogP contribution in [-0.2, 0) is 9.59 Å². The van der Waals surface area contributed by atoms with Crippen LogP contribution >= 0.6 is 0 Å². The maximum atomic E-state index is 11.2. The molecule has 0 spiro atoms. The van der Waals surface area contributed by atoms with Gasteiger partial charge >= 0.3 is 5.97 Å². The number of hydrogen-bond donors (Lipinski definition) is 3. The van der Waals surface area contributed by atoms with E-state index in [-0.39, 0.29) is 19.0 Å². The van der Waals surface area contributed by atoms with Crippen LogP contribution in [0.1, 0.15) is 27.2 Å². The lowest BCUT2D eigenvalue weighted by atomic mass is 9.97. The highest BCUT2D eigenvalue weighted by atomic mass is 16.4. The van der Waals surface area contributed by atoms with Crippen LogP contribution in [0.4, 0.5) is 0 Å². The van der Waals surface area contributed by atoms with Crippen molar-refractivity contribution in [3.05, 3.63) is 0 Å². The molecule has 5 heteroatoms. The predicted octanol–water partition coefficient (Wildman–Crippen LogP) is 0.459. The maximum Gasteiger partial charge on any atom is 0.308 e. The molecule has 1 amide bonds. The van der Waals surface area contributed by atoms with E-state index in [4.69, 9.17) is 5.11 Å². The Morgan fingerprint density at radius 3 is 2.38 bits per heavy atom. The predicted molar refractivity (Wildman–Crippen MR) is 62.1 cm³/mol. The standard InChI is InChI=1S/C11H22N2O3/c1-4-12-7-10(14)13-6-9(11(15)16)5-8(2)3/h8-9,12H,4-7H2,1-3H3,(H,13,14)(H,15,16). The largest absolute Gasteiger partial charge is 0.481 e. The van der Waals surface area contributed by atoms with Gasteiger partial charge < -0.3 is 15.7 Å². The topological polar surface area (TPSA) is 78.4 Å². The molecule has 16 heavy (non-hydrogen) atoms. The third-order valence-corrected chi connectivity index (χ3v) is 2.19. The SMILES string of the molecule is CCNCC(=O)NCC(CC(C)C)C(=O)O. The smallest absolute Gasteiger partial charge is 0.308 e. The van der Waals surface area contributed by atoms with Gasteiger partial charge in [-0.05, 0) is 18.9 Å². The van der Waals surface area contributed by atoms with Gasteiger partial charge in [0, 0.05) is 6.54 Å². The number of hydrogen-bond acceptors (Lipinski definition) is 3. The normalized spacial score (nSPS) is 12.5. The summed E-state index contributed by atoms with van der Waals surface area (Å²) >= 11 is 0. The zero-order chi connectivity index (χ0) is 12.6. The number of likely N-dealkylation sites (N-methyl/N-ethyl adjacent to an activating group) is 1. The van der Waals surface area contributed by atoms with E-state index in [1.807, 2.05) is 20.8 Å². The Labute approximate surface area is 96.6 Å². The van der Waals surface area contributed by atoms with Crippen LogP contribution in [0, 0.1) is 11.8 Å². The summed E-state index contributed by atoms with van der Waals surface area (Å²) in [7, 11) is 0. The van der Waals surface area contributed by atoms with Crippen molar-refractivity contribution in [3.63, 3.8) is 0 Å². The van der Waals surface area contributed by atoms with Crippen LogP contribution in [0.25, 0.3) is 0 Å². The molecule has 0 aromatic heterocycles. The van der Waals surface area contributed by atoms with Crippen LogP contribution in [0.15, 0.2) is 0 Å². The lowest BCUT2D eigenvalue weighted by Gasteiger charge is -2.15. The van der Waals surface area contributed by atoms with E-state index in [1.165, 1.54) is 0 Å². The second kappa shape index (κ2) is 8.10. The van der Waals surface area contributed by atoms with Gasteiger partial charge in [0.05, 0.1) is 12.5 Å². The van der Waals surface area contributed by atoms with Gasteiger partial charge in [0.1, 0.15) is 0 Å². The zero-order valence-corrected chi connectivity index (χ0v) is 10.2. The van der Waals surface area contributed by atoms with Crippen molar-refractivity contribution in [1.29, 1.82) is 0 Å². The lowest BCUT2D eigenvalue weighted by molar-refractivity contribution is -0.142. The van der Waals surface area contributed by atoms with Gasteiger partial charge in [0.25, 0.3) is 0 Å².